The SMILES string of the molecule is CNC(C)c1cccnc1Oc1ccc(OC)cc1. The third-order valence-electron chi connectivity index (χ3n) is 2.97. The van der Waals surface area contributed by atoms with Crippen LogP contribution in [0.3, 0.4) is 0 Å². The molecule has 0 fully saturated rings. The third kappa shape index (κ3) is 3.23. The zero-order valence-electron chi connectivity index (χ0n) is 11.4. The fourth-order valence-corrected chi connectivity index (χ4v) is 1.73. The van der Waals surface area contributed by atoms with Gasteiger partial charge in [0.05, 0.1) is 7.11 Å². The van der Waals surface area contributed by atoms with Crippen molar-refractivity contribution in [3.63, 3.8) is 0 Å². The molecule has 0 aliphatic heterocycles. The molecule has 4 heteroatoms. The smallest absolute Gasteiger partial charge is 0.223 e. The van der Waals surface area contributed by atoms with Crippen molar-refractivity contribution < 1.29 is 9.47 Å². The predicted molar refractivity (Wildman–Crippen MR) is 74.8 cm³/mol. The van der Waals surface area contributed by atoms with E-state index in [0.29, 0.717) is 5.88 Å². The normalized spacial score (nSPS) is 11.9. The molecule has 0 saturated heterocycles. The van der Waals surface area contributed by atoms with E-state index in [1.54, 1.807) is 13.3 Å². The zero-order valence-corrected chi connectivity index (χ0v) is 11.4. The first-order chi connectivity index (χ1) is 9.24. The monoisotopic (exact) mass is 258 g/mol. The molecule has 2 rings (SSSR count). The van der Waals surface area contributed by atoms with E-state index in [-0.39, 0.29) is 6.04 Å². The lowest BCUT2D eigenvalue weighted by atomic mass is 10.1. The number of nitrogens with zero attached hydrogens (tertiary/aromatic N) is 1. The van der Waals surface area contributed by atoms with Gasteiger partial charge >= 0.3 is 0 Å². The number of methoxy groups -OCH3 is 1. The molecular weight excluding hydrogens is 240 g/mol. The molecule has 1 aromatic heterocycles. The lowest BCUT2D eigenvalue weighted by Gasteiger charge is -2.15. The summed E-state index contributed by atoms with van der Waals surface area (Å²) in [6.07, 6.45) is 1.73. The number of ether oxygens (including phenoxy) is 2. The molecule has 0 aliphatic rings. The summed E-state index contributed by atoms with van der Waals surface area (Å²) in [6, 6.07) is 11.5. The van der Waals surface area contributed by atoms with E-state index in [2.05, 4.69) is 17.2 Å². The van der Waals surface area contributed by atoms with E-state index in [4.69, 9.17) is 9.47 Å². The minimum absolute atomic E-state index is 0.182. The summed E-state index contributed by atoms with van der Waals surface area (Å²) in [4.78, 5) is 4.29. The molecule has 1 aromatic carbocycles. The maximum atomic E-state index is 5.83. The van der Waals surface area contributed by atoms with Crippen molar-refractivity contribution in [3.05, 3.63) is 48.2 Å². The van der Waals surface area contributed by atoms with Gasteiger partial charge in [0.2, 0.25) is 5.88 Å². The Morgan fingerprint density at radius 3 is 2.42 bits per heavy atom. The van der Waals surface area contributed by atoms with Crippen molar-refractivity contribution in [2.75, 3.05) is 14.2 Å². The number of pyridine rings is 1. The summed E-state index contributed by atoms with van der Waals surface area (Å²) in [7, 11) is 3.55. The molecule has 4 nitrogen and oxygen atoms in total. The predicted octanol–water partition coefficient (Wildman–Crippen LogP) is 3.16. The summed E-state index contributed by atoms with van der Waals surface area (Å²) in [5.74, 6) is 2.16. The van der Waals surface area contributed by atoms with Gasteiger partial charge in [-0.05, 0) is 44.3 Å². The van der Waals surface area contributed by atoms with Gasteiger partial charge in [-0.1, -0.05) is 6.07 Å². The molecule has 0 radical (unpaired) electrons. The first kappa shape index (κ1) is 13.4. The molecule has 0 saturated carbocycles. The van der Waals surface area contributed by atoms with Crippen molar-refractivity contribution in [2.45, 2.75) is 13.0 Å². The standard InChI is InChI=1S/C15H18N2O2/c1-11(16-2)14-5-4-10-17-15(14)19-13-8-6-12(18-3)7-9-13/h4-11,16H,1-3H3. The van der Waals surface area contributed by atoms with Crippen LogP contribution in [0.15, 0.2) is 42.6 Å². The van der Waals surface area contributed by atoms with E-state index >= 15 is 0 Å². The highest BCUT2D eigenvalue weighted by molar-refractivity contribution is 5.36. The third-order valence-corrected chi connectivity index (χ3v) is 2.97. The maximum Gasteiger partial charge on any atom is 0.223 e. The van der Waals surface area contributed by atoms with Crippen LogP contribution in [0.25, 0.3) is 0 Å². The number of aromatic nitrogens is 1. The summed E-state index contributed by atoms with van der Waals surface area (Å²) in [5, 5.41) is 3.19. The maximum absolute atomic E-state index is 5.83. The fraction of sp³-hybridized carbons (Fsp3) is 0.267. The van der Waals surface area contributed by atoms with Gasteiger partial charge in [0, 0.05) is 17.8 Å². The van der Waals surface area contributed by atoms with Crippen molar-refractivity contribution in [1.29, 1.82) is 0 Å². The number of hydrogen-bond donors (Lipinski definition) is 1. The average molecular weight is 258 g/mol. The van der Waals surface area contributed by atoms with Crippen LogP contribution >= 0.6 is 0 Å². The van der Waals surface area contributed by atoms with Gasteiger partial charge in [-0.15, -0.1) is 0 Å². The summed E-state index contributed by atoms with van der Waals surface area (Å²) < 4.78 is 10.9. The van der Waals surface area contributed by atoms with Gasteiger partial charge in [0.25, 0.3) is 0 Å². The van der Waals surface area contributed by atoms with E-state index in [9.17, 15) is 0 Å². The van der Waals surface area contributed by atoms with Crippen LogP contribution < -0.4 is 14.8 Å². The number of rotatable bonds is 5. The molecule has 1 unspecified atom stereocenters. The lowest BCUT2D eigenvalue weighted by molar-refractivity contribution is 0.411. The quantitative estimate of drug-likeness (QED) is 0.894. The molecule has 19 heavy (non-hydrogen) atoms. The molecule has 0 aliphatic carbocycles. The summed E-state index contributed by atoms with van der Waals surface area (Å²) in [6.45, 7) is 2.07. The first-order valence-corrected chi connectivity index (χ1v) is 6.18. The minimum Gasteiger partial charge on any atom is -0.497 e. The Kier molecular flexibility index (Phi) is 4.36. The van der Waals surface area contributed by atoms with E-state index in [1.165, 1.54) is 0 Å². The van der Waals surface area contributed by atoms with Crippen molar-refractivity contribution >= 4 is 0 Å². The van der Waals surface area contributed by atoms with Gasteiger partial charge in [0.15, 0.2) is 0 Å². The fourth-order valence-electron chi connectivity index (χ4n) is 1.73. The Labute approximate surface area is 113 Å². The van der Waals surface area contributed by atoms with Crippen LogP contribution in [-0.2, 0) is 0 Å². The molecule has 0 bridgehead atoms. The molecule has 100 valence electrons. The number of nitrogens with one attached hydrogen (secondary N) is 1. The van der Waals surface area contributed by atoms with Gasteiger partial charge in [-0.3, -0.25) is 0 Å². The Balaban J connectivity index is 2.22. The van der Waals surface area contributed by atoms with Gasteiger partial charge in [0.1, 0.15) is 11.5 Å². The second-order valence-corrected chi connectivity index (χ2v) is 4.19. The van der Waals surface area contributed by atoms with Gasteiger partial charge < -0.3 is 14.8 Å². The van der Waals surface area contributed by atoms with Gasteiger partial charge in [-0.2, -0.15) is 0 Å². The highest BCUT2D eigenvalue weighted by Gasteiger charge is 2.11. The first-order valence-electron chi connectivity index (χ1n) is 6.18. The Bertz CT molecular complexity index is 526. The number of benzene rings is 1. The van der Waals surface area contributed by atoms with Crippen LogP contribution in [0.5, 0.6) is 17.4 Å². The Morgan fingerprint density at radius 2 is 1.79 bits per heavy atom. The molecule has 1 N–H and O–H groups in total. The molecule has 1 heterocycles. The topological polar surface area (TPSA) is 43.4 Å². The minimum atomic E-state index is 0.182. The average Bonchev–Trinajstić information content (AvgIpc) is 2.48. The lowest BCUT2D eigenvalue weighted by Crippen LogP contribution is -2.13. The summed E-state index contributed by atoms with van der Waals surface area (Å²) >= 11 is 0. The highest BCUT2D eigenvalue weighted by atomic mass is 16.5. The van der Waals surface area contributed by atoms with E-state index < -0.39 is 0 Å². The molecular formula is C15H18N2O2. The van der Waals surface area contributed by atoms with Crippen molar-refractivity contribution in [2.24, 2.45) is 0 Å². The molecule has 0 amide bonds. The van der Waals surface area contributed by atoms with Crippen LogP contribution in [0.2, 0.25) is 0 Å². The van der Waals surface area contributed by atoms with Crippen molar-refractivity contribution in [1.82, 2.24) is 10.3 Å². The Morgan fingerprint density at radius 1 is 1.11 bits per heavy atom. The van der Waals surface area contributed by atoms with E-state index in [1.807, 2.05) is 43.4 Å². The molecule has 0 spiro atoms. The number of hydrogen-bond acceptors (Lipinski definition) is 4. The van der Waals surface area contributed by atoms with Gasteiger partial charge in [-0.25, -0.2) is 4.98 Å². The molecule has 1 atom stereocenters. The van der Waals surface area contributed by atoms with Crippen LogP contribution in [-0.4, -0.2) is 19.1 Å². The Hall–Kier alpha value is -2.07. The summed E-state index contributed by atoms with van der Waals surface area (Å²) in [5.41, 5.74) is 1.03. The second-order valence-electron chi connectivity index (χ2n) is 4.19. The largest absolute Gasteiger partial charge is 0.497 e. The van der Waals surface area contributed by atoms with E-state index in [0.717, 1.165) is 17.1 Å². The van der Waals surface area contributed by atoms with Crippen LogP contribution in [0.1, 0.15) is 18.5 Å². The second kappa shape index (κ2) is 6.20. The zero-order chi connectivity index (χ0) is 13.7. The highest BCUT2D eigenvalue weighted by Crippen LogP contribution is 2.28. The molecule has 2 aromatic rings. The van der Waals surface area contributed by atoms with Crippen LogP contribution in [0, 0.1) is 0 Å². The van der Waals surface area contributed by atoms with Crippen LogP contribution in [0.4, 0.5) is 0 Å². The van der Waals surface area contributed by atoms with Crippen molar-refractivity contribution in [3.8, 4) is 17.4 Å².